The summed E-state index contributed by atoms with van der Waals surface area (Å²) in [6, 6.07) is 9.02. The van der Waals surface area contributed by atoms with Gasteiger partial charge in [-0.25, -0.2) is 4.98 Å². The van der Waals surface area contributed by atoms with Crippen LogP contribution >= 0.6 is 15.9 Å². The molecule has 0 saturated carbocycles. The van der Waals surface area contributed by atoms with E-state index in [1.54, 1.807) is 38.6 Å². The third-order valence-corrected chi connectivity index (χ3v) is 5.00. The summed E-state index contributed by atoms with van der Waals surface area (Å²) in [4.78, 5) is 17.8. The molecule has 0 fully saturated rings. The molecule has 0 aliphatic rings. The second kappa shape index (κ2) is 9.51. The predicted octanol–water partition coefficient (Wildman–Crippen LogP) is 4.97. The fraction of sp³-hybridized carbons (Fsp3) is 0.348. The Hall–Kier alpha value is -2.87. The number of methoxy groups -OCH3 is 2. The van der Waals surface area contributed by atoms with Gasteiger partial charge in [0.2, 0.25) is 5.75 Å². The second-order valence-electron chi connectivity index (χ2n) is 7.57. The van der Waals surface area contributed by atoms with Crippen molar-refractivity contribution in [3.8, 4) is 17.2 Å². The molecular formula is C23H26BrN3O4. The highest BCUT2D eigenvalue weighted by Gasteiger charge is 2.16. The predicted molar refractivity (Wildman–Crippen MR) is 126 cm³/mol. The van der Waals surface area contributed by atoms with Crippen LogP contribution in [0.4, 0.5) is 0 Å². The third-order valence-electron chi connectivity index (χ3n) is 4.51. The molecule has 0 spiro atoms. The molecule has 7 nitrogen and oxygen atoms in total. The highest BCUT2D eigenvalue weighted by molar-refractivity contribution is 9.10. The lowest BCUT2D eigenvalue weighted by atomic mass is 10.2. The smallest absolute Gasteiger partial charge is 0.282 e. The Bertz CT molecular complexity index is 1160. The molecule has 0 unspecified atom stereocenters. The zero-order valence-corrected chi connectivity index (χ0v) is 20.1. The van der Waals surface area contributed by atoms with E-state index in [0.29, 0.717) is 39.5 Å². The maximum atomic E-state index is 13.2. The van der Waals surface area contributed by atoms with Crippen LogP contribution in [0.1, 0.15) is 45.0 Å². The molecule has 0 N–H and O–H groups in total. The van der Waals surface area contributed by atoms with Gasteiger partial charge in [0.25, 0.3) is 5.56 Å². The number of hydrogen-bond acceptors (Lipinski definition) is 6. The minimum atomic E-state index is -0.232. The number of hydrogen-bond donors (Lipinski definition) is 0. The molecule has 0 aliphatic heterocycles. The Kier molecular flexibility index (Phi) is 7.00. The van der Waals surface area contributed by atoms with E-state index in [1.165, 1.54) is 4.68 Å². The largest absolute Gasteiger partial charge is 0.493 e. The monoisotopic (exact) mass is 487 g/mol. The van der Waals surface area contributed by atoms with Gasteiger partial charge >= 0.3 is 0 Å². The van der Waals surface area contributed by atoms with Gasteiger partial charge < -0.3 is 14.2 Å². The van der Waals surface area contributed by atoms with Crippen molar-refractivity contribution < 1.29 is 14.2 Å². The van der Waals surface area contributed by atoms with E-state index in [2.05, 4.69) is 26.0 Å². The summed E-state index contributed by atoms with van der Waals surface area (Å²) < 4.78 is 19.0. The van der Waals surface area contributed by atoms with E-state index in [9.17, 15) is 4.79 Å². The first kappa shape index (κ1) is 22.8. The summed E-state index contributed by atoms with van der Waals surface area (Å²) in [5.41, 5.74) is 1.10. The summed E-state index contributed by atoms with van der Waals surface area (Å²) in [5.74, 6) is 2.14. The topological polar surface area (TPSA) is 74.9 Å². The van der Waals surface area contributed by atoms with Crippen LogP contribution in [0.15, 0.2) is 44.7 Å². The number of benzene rings is 2. The van der Waals surface area contributed by atoms with Gasteiger partial charge in [-0.15, -0.1) is 0 Å². The van der Waals surface area contributed by atoms with Crippen LogP contribution in [0.3, 0.4) is 0 Å². The first-order valence-corrected chi connectivity index (χ1v) is 10.7. The zero-order valence-electron chi connectivity index (χ0n) is 18.5. The van der Waals surface area contributed by atoms with Crippen LogP contribution in [0.25, 0.3) is 10.9 Å². The lowest BCUT2D eigenvalue weighted by molar-refractivity contribution is 0.218. The number of ether oxygens (including phenoxy) is 3. The molecule has 1 aromatic heterocycles. The number of nitrogens with zero attached hydrogens (tertiary/aromatic N) is 3. The van der Waals surface area contributed by atoms with Crippen molar-refractivity contribution in [3.63, 3.8) is 0 Å². The minimum Gasteiger partial charge on any atom is -0.493 e. The quantitative estimate of drug-likeness (QED) is 0.439. The van der Waals surface area contributed by atoms with Crippen molar-refractivity contribution in [2.45, 2.75) is 39.7 Å². The van der Waals surface area contributed by atoms with Gasteiger partial charge in [-0.2, -0.15) is 9.78 Å². The molecule has 0 amide bonds. The Morgan fingerprint density at radius 1 is 1.06 bits per heavy atom. The first-order chi connectivity index (χ1) is 14.7. The molecule has 0 saturated heterocycles. The van der Waals surface area contributed by atoms with Crippen LogP contribution < -0.4 is 19.8 Å². The molecule has 0 aliphatic carbocycles. The van der Waals surface area contributed by atoms with Gasteiger partial charge in [0.1, 0.15) is 5.82 Å². The minimum absolute atomic E-state index is 0.00351. The molecule has 0 atom stereocenters. The highest BCUT2D eigenvalue weighted by Crippen LogP contribution is 2.38. The van der Waals surface area contributed by atoms with E-state index < -0.39 is 0 Å². The van der Waals surface area contributed by atoms with E-state index >= 15 is 0 Å². The first-order valence-electron chi connectivity index (χ1n) is 9.94. The molecule has 3 rings (SSSR count). The van der Waals surface area contributed by atoms with Crippen molar-refractivity contribution in [1.82, 2.24) is 9.66 Å². The van der Waals surface area contributed by atoms with Gasteiger partial charge in [-0.1, -0.05) is 29.8 Å². The van der Waals surface area contributed by atoms with Gasteiger partial charge in [-0.3, -0.25) is 4.79 Å². The highest BCUT2D eigenvalue weighted by atomic mass is 79.9. The van der Waals surface area contributed by atoms with Crippen LogP contribution in [-0.4, -0.2) is 36.2 Å². The Balaban J connectivity index is 2.14. The number of rotatable bonds is 7. The molecule has 3 aromatic rings. The van der Waals surface area contributed by atoms with E-state index in [4.69, 9.17) is 14.2 Å². The lowest BCUT2D eigenvalue weighted by Gasteiger charge is -2.17. The van der Waals surface area contributed by atoms with Crippen molar-refractivity contribution in [3.05, 3.63) is 56.5 Å². The fourth-order valence-electron chi connectivity index (χ4n) is 3.10. The summed E-state index contributed by atoms with van der Waals surface area (Å²) in [7, 11) is 3.13. The van der Waals surface area contributed by atoms with Crippen molar-refractivity contribution in [2.75, 3.05) is 14.2 Å². The molecule has 0 radical (unpaired) electrons. The Labute approximate surface area is 189 Å². The van der Waals surface area contributed by atoms with Gasteiger partial charge in [0.05, 0.1) is 37.4 Å². The summed E-state index contributed by atoms with van der Waals surface area (Å²) in [6.45, 7) is 7.81. The lowest BCUT2D eigenvalue weighted by Crippen LogP contribution is -2.23. The Morgan fingerprint density at radius 3 is 2.26 bits per heavy atom. The normalized spacial score (nSPS) is 11.6. The van der Waals surface area contributed by atoms with Crippen LogP contribution in [0.2, 0.25) is 0 Å². The van der Waals surface area contributed by atoms with Crippen LogP contribution in [0.5, 0.6) is 17.2 Å². The average molecular weight is 488 g/mol. The van der Waals surface area contributed by atoms with Crippen molar-refractivity contribution in [1.29, 1.82) is 0 Å². The van der Waals surface area contributed by atoms with Gasteiger partial charge in [0.15, 0.2) is 11.5 Å². The average Bonchev–Trinajstić information content (AvgIpc) is 2.73. The zero-order chi connectivity index (χ0) is 22.7. The van der Waals surface area contributed by atoms with Crippen LogP contribution in [0, 0.1) is 0 Å². The number of aromatic nitrogens is 2. The molecule has 164 valence electrons. The summed E-state index contributed by atoms with van der Waals surface area (Å²) in [5, 5.41) is 4.96. The van der Waals surface area contributed by atoms with Gasteiger partial charge in [0, 0.05) is 16.0 Å². The number of halogens is 1. The summed E-state index contributed by atoms with van der Waals surface area (Å²) >= 11 is 3.42. The van der Waals surface area contributed by atoms with Crippen LogP contribution in [-0.2, 0) is 0 Å². The van der Waals surface area contributed by atoms with Crippen molar-refractivity contribution in [2.24, 2.45) is 5.10 Å². The van der Waals surface area contributed by atoms with E-state index in [0.717, 1.165) is 4.47 Å². The molecule has 2 aromatic carbocycles. The molecule has 0 bridgehead atoms. The molecule has 31 heavy (non-hydrogen) atoms. The second-order valence-corrected chi connectivity index (χ2v) is 8.48. The maximum absolute atomic E-state index is 13.2. The summed E-state index contributed by atoms with van der Waals surface area (Å²) in [6.07, 6.45) is 1.54. The standard InChI is InChI=1S/C23H26BrN3O4/c1-13(2)22-26-18-8-7-16(24)11-17(18)23(28)27(22)25-12-15-9-19(29-5)21(31-14(3)4)20(10-15)30-6/h7-14H,1-6H3. The molecular weight excluding hydrogens is 462 g/mol. The molecule has 1 heterocycles. The Morgan fingerprint density at radius 2 is 1.71 bits per heavy atom. The fourth-order valence-corrected chi connectivity index (χ4v) is 3.46. The van der Waals surface area contributed by atoms with E-state index in [1.807, 2.05) is 39.8 Å². The molecule has 8 heteroatoms. The van der Waals surface area contributed by atoms with Crippen molar-refractivity contribution >= 4 is 33.0 Å². The third kappa shape index (κ3) is 4.90. The number of fused-ring (bicyclic) bond motifs is 1. The van der Waals surface area contributed by atoms with E-state index in [-0.39, 0.29) is 17.6 Å². The SMILES string of the molecule is COc1cc(C=Nn2c(C(C)C)nc3ccc(Br)cc3c2=O)cc(OC)c1OC(C)C. The van der Waals surface area contributed by atoms with Gasteiger partial charge in [-0.05, 0) is 44.2 Å². The maximum Gasteiger partial charge on any atom is 0.282 e.